The van der Waals surface area contributed by atoms with Gasteiger partial charge in [0, 0.05) is 28.2 Å². The standard InChI is InChI=1S/C22H19BrF3NO3/c23-17-7-3-15(4-8-17)20(28)16-5-11-19(12-6-16)30-14-2-1-13-27(18-9-10-18)21(29)22(24,25)26/h1-8,11-12,18H,9-10,13-14H2/b2-1+. The minimum Gasteiger partial charge on any atom is -0.490 e. The summed E-state index contributed by atoms with van der Waals surface area (Å²) in [4.78, 5) is 24.7. The van der Waals surface area contributed by atoms with E-state index in [0.29, 0.717) is 29.7 Å². The first-order valence-corrected chi connectivity index (χ1v) is 10.1. The highest BCUT2D eigenvalue weighted by molar-refractivity contribution is 9.10. The van der Waals surface area contributed by atoms with E-state index in [0.717, 1.165) is 9.37 Å². The van der Waals surface area contributed by atoms with Gasteiger partial charge in [0.05, 0.1) is 0 Å². The molecule has 0 saturated heterocycles. The summed E-state index contributed by atoms with van der Waals surface area (Å²) in [7, 11) is 0. The molecule has 0 unspecified atom stereocenters. The van der Waals surface area contributed by atoms with Crippen molar-refractivity contribution in [3.05, 3.63) is 76.3 Å². The largest absolute Gasteiger partial charge is 0.490 e. The molecule has 0 atom stereocenters. The number of carbonyl (C=O) groups is 2. The van der Waals surface area contributed by atoms with E-state index in [2.05, 4.69) is 15.9 Å². The number of amides is 1. The molecule has 0 aromatic heterocycles. The molecular weight excluding hydrogens is 463 g/mol. The van der Waals surface area contributed by atoms with Crippen LogP contribution in [0.15, 0.2) is 65.2 Å². The van der Waals surface area contributed by atoms with Crippen LogP contribution < -0.4 is 4.74 Å². The van der Waals surface area contributed by atoms with Gasteiger partial charge in [-0.25, -0.2) is 0 Å². The zero-order valence-electron chi connectivity index (χ0n) is 15.9. The van der Waals surface area contributed by atoms with Crippen LogP contribution in [0.3, 0.4) is 0 Å². The Hall–Kier alpha value is -2.61. The van der Waals surface area contributed by atoms with E-state index in [9.17, 15) is 22.8 Å². The maximum atomic E-state index is 12.6. The Morgan fingerprint density at radius 1 is 1.00 bits per heavy atom. The van der Waals surface area contributed by atoms with Crippen LogP contribution in [-0.4, -0.2) is 42.0 Å². The van der Waals surface area contributed by atoms with Crippen molar-refractivity contribution in [2.24, 2.45) is 0 Å². The van der Waals surface area contributed by atoms with Crippen molar-refractivity contribution in [2.75, 3.05) is 13.2 Å². The van der Waals surface area contributed by atoms with Crippen LogP contribution in [0.25, 0.3) is 0 Å². The molecule has 30 heavy (non-hydrogen) atoms. The molecule has 2 aromatic rings. The molecule has 1 fully saturated rings. The number of halogens is 4. The van der Waals surface area contributed by atoms with Crippen LogP contribution in [0.1, 0.15) is 28.8 Å². The third-order valence-corrected chi connectivity index (χ3v) is 5.06. The molecule has 4 nitrogen and oxygen atoms in total. The quantitative estimate of drug-likeness (QED) is 0.386. The second kappa shape index (κ2) is 9.47. The lowest BCUT2D eigenvalue weighted by molar-refractivity contribution is -0.185. The predicted molar refractivity (Wildman–Crippen MR) is 109 cm³/mol. The minimum absolute atomic E-state index is 0.104. The van der Waals surface area contributed by atoms with Crippen LogP contribution in [0.2, 0.25) is 0 Å². The van der Waals surface area contributed by atoms with Gasteiger partial charge in [0.2, 0.25) is 0 Å². The number of nitrogens with zero attached hydrogens (tertiary/aromatic N) is 1. The Bertz CT molecular complexity index is 920. The Balaban J connectivity index is 1.49. The molecular formula is C22H19BrF3NO3. The van der Waals surface area contributed by atoms with E-state index in [1.807, 2.05) is 0 Å². The Morgan fingerprint density at radius 3 is 2.10 bits per heavy atom. The van der Waals surface area contributed by atoms with E-state index in [4.69, 9.17) is 4.74 Å². The molecule has 0 radical (unpaired) electrons. The molecule has 0 aliphatic heterocycles. The topological polar surface area (TPSA) is 46.6 Å². The van der Waals surface area contributed by atoms with Crippen molar-refractivity contribution in [2.45, 2.75) is 25.1 Å². The first-order valence-electron chi connectivity index (χ1n) is 9.31. The summed E-state index contributed by atoms with van der Waals surface area (Å²) in [5, 5.41) is 0. The first kappa shape index (κ1) is 22.1. The molecule has 1 aliphatic carbocycles. The van der Waals surface area contributed by atoms with Crippen molar-refractivity contribution in [1.82, 2.24) is 4.90 Å². The SMILES string of the molecule is O=C(c1ccc(Br)cc1)c1ccc(OC/C=C/CN(C(=O)C(F)(F)F)C2CC2)cc1. The lowest BCUT2D eigenvalue weighted by Gasteiger charge is -2.21. The van der Waals surface area contributed by atoms with Crippen LogP contribution in [0, 0.1) is 0 Å². The van der Waals surface area contributed by atoms with Gasteiger partial charge in [-0.15, -0.1) is 0 Å². The summed E-state index contributed by atoms with van der Waals surface area (Å²) in [6.07, 6.45) is -0.607. The van der Waals surface area contributed by atoms with Crippen LogP contribution in [-0.2, 0) is 4.79 Å². The van der Waals surface area contributed by atoms with Gasteiger partial charge in [-0.1, -0.05) is 22.0 Å². The average Bonchev–Trinajstić information content (AvgIpc) is 3.55. The predicted octanol–water partition coefficient (Wildman–Crippen LogP) is 5.17. The smallest absolute Gasteiger partial charge is 0.471 e. The highest BCUT2D eigenvalue weighted by Gasteiger charge is 2.46. The van der Waals surface area contributed by atoms with E-state index >= 15 is 0 Å². The number of hydrogen-bond acceptors (Lipinski definition) is 3. The van der Waals surface area contributed by atoms with Gasteiger partial charge in [0.1, 0.15) is 12.4 Å². The number of rotatable bonds is 8. The first-order chi connectivity index (χ1) is 14.3. The van der Waals surface area contributed by atoms with Gasteiger partial charge in [-0.05, 0) is 67.4 Å². The van der Waals surface area contributed by atoms with Crippen molar-refractivity contribution < 1.29 is 27.5 Å². The van der Waals surface area contributed by atoms with Crippen LogP contribution >= 0.6 is 15.9 Å². The van der Waals surface area contributed by atoms with Gasteiger partial charge in [-0.2, -0.15) is 13.2 Å². The highest BCUT2D eigenvalue weighted by atomic mass is 79.9. The normalized spacial score (nSPS) is 14.0. The van der Waals surface area contributed by atoms with Crippen molar-refractivity contribution in [1.29, 1.82) is 0 Å². The molecule has 0 heterocycles. The Morgan fingerprint density at radius 2 is 1.57 bits per heavy atom. The number of hydrogen-bond donors (Lipinski definition) is 0. The zero-order chi connectivity index (χ0) is 21.7. The molecule has 8 heteroatoms. The average molecular weight is 482 g/mol. The van der Waals surface area contributed by atoms with Crippen LogP contribution in [0.4, 0.5) is 13.2 Å². The fraction of sp³-hybridized carbons (Fsp3) is 0.273. The van der Waals surface area contributed by atoms with E-state index < -0.39 is 12.1 Å². The maximum absolute atomic E-state index is 12.6. The Kier molecular flexibility index (Phi) is 6.97. The second-order valence-electron chi connectivity index (χ2n) is 6.83. The molecule has 0 spiro atoms. The Labute approximate surface area is 180 Å². The monoisotopic (exact) mass is 481 g/mol. The summed E-state index contributed by atoms with van der Waals surface area (Å²) >= 11 is 3.33. The lowest BCUT2D eigenvalue weighted by Crippen LogP contribution is -2.42. The van der Waals surface area contributed by atoms with Gasteiger partial charge < -0.3 is 9.64 Å². The molecule has 0 bridgehead atoms. The zero-order valence-corrected chi connectivity index (χ0v) is 17.4. The molecule has 0 N–H and O–H groups in total. The second-order valence-corrected chi connectivity index (χ2v) is 7.74. The van der Waals surface area contributed by atoms with Gasteiger partial charge in [-0.3, -0.25) is 9.59 Å². The fourth-order valence-corrected chi connectivity index (χ4v) is 3.08. The van der Waals surface area contributed by atoms with Crippen LogP contribution in [0.5, 0.6) is 5.75 Å². The van der Waals surface area contributed by atoms with Gasteiger partial charge in [0.15, 0.2) is 5.78 Å². The fourth-order valence-electron chi connectivity index (χ4n) is 2.82. The number of benzene rings is 2. The summed E-state index contributed by atoms with van der Waals surface area (Å²) in [6, 6.07) is 13.3. The van der Waals surface area contributed by atoms with Gasteiger partial charge in [0.25, 0.3) is 0 Å². The molecule has 2 aromatic carbocycles. The summed E-state index contributed by atoms with van der Waals surface area (Å²) in [6.45, 7) is 0.0335. The number of alkyl halides is 3. The maximum Gasteiger partial charge on any atom is 0.471 e. The molecule has 1 aliphatic rings. The molecule has 1 amide bonds. The molecule has 158 valence electrons. The van der Waals surface area contributed by atoms with E-state index in [1.165, 1.54) is 6.08 Å². The number of ether oxygens (including phenoxy) is 1. The number of carbonyl (C=O) groups excluding carboxylic acids is 2. The molecule has 3 rings (SSSR count). The molecule has 1 saturated carbocycles. The van der Waals surface area contributed by atoms with Crippen molar-refractivity contribution in [3.63, 3.8) is 0 Å². The highest BCUT2D eigenvalue weighted by Crippen LogP contribution is 2.30. The summed E-state index contributed by atoms with van der Waals surface area (Å²) < 4.78 is 44.3. The van der Waals surface area contributed by atoms with E-state index in [-0.39, 0.29) is 25.0 Å². The summed E-state index contributed by atoms with van der Waals surface area (Å²) in [5.74, 6) is -1.39. The lowest BCUT2D eigenvalue weighted by atomic mass is 10.0. The van der Waals surface area contributed by atoms with Crippen molar-refractivity contribution in [3.8, 4) is 5.75 Å². The number of ketones is 1. The third-order valence-electron chi connectivity index (χ3n) is 4.53. The minimum atomic E-state index is -4.86. The van der Waals surface area contributed by atoms with E-state index in [1.54, 1.807) is 54.6 Å². The van der Waals surface area contributed by atoms with Gasteiger partial charge >= 0.3 is 12.1 Å². The van der Waals surface area contributed by atoms with Crippen molar-refractivity contribution >= 4 is 27.6 Å². The third kappa shape index (κ3) is 5.95. The summed E-state index contributed by atoms with van der Waals surface area (Å²) in [5.41, 5.74) is 1.09.